The molecule has 11 nitrogen and oxygen atoms in total. The smallest absolute Gasteiger partial charge is 0.260 e. The van der Waals surface area contributed by atoms with Crippen LogP contribution in [0.2, 0.25) is 0 Å². The van der Waals surface area contributed by atoms with Crippen molar-refractivity contribution in [3.05, 3.63) is 125 Å². The van der Waals surface area contributed by atoms with Gasteiger partial charge in [-0.1, -0.05) is 30.3 Å². The van der Waals surface area contributed by atoms with Crippen molar-refractivity contribution in [2.75, 3.05) is 44.5 Å². The number of aromatic nitrogens is 2. The zero-order chi connectivity index (χ0) is 36.6. The lowest BCUT2D eigenvalue weighted by Gasteiger charge is -2.40. The number of amides is 2. The fraction of sp³-hybridized carbons (Fsp3) is 0.326. The first-order valence-corrected chi connectivity index (χ1v) is 18.8. The van der Waals surface area contributed by atoms with Crippen LogP contribution in [0, 0.1) is 0 Å². The molecule has 0 saturated carbocycles. The third kappa shape index (κ3) is 6.58. The summed E-state index contributed by atoms with van der Waals surface area (Å²) in [7, 11) is 0. The summed E-state index contributed by atoms with van der Waals surface area (Å²) in [5, 5.41) is 10.1. The lowest BCUT2D eigenvalue weighted by atomic mass is 9.92. The predicted octanol–water partition coefficient (Wildman–Crippen LogP) is 6.07. The highest BCUT2D eigenvalue weighted by molar-refractivity contribution is 6.09. The number of phenols is 1. The van der Waals surface area contributed by atoms with Gasteiger partial charge < -0.3 is 33.7 Å². The first-order valence-electron chi connectivity index (χ1n) is 18.8. The van der Waals surface area contributed by atoms with Gasteiger partial charge in [-0.05, 0) is 90.9 Å². The number of hydrogen-bond acceptors (Lipinski definition) is 8. The Kier molecular flexibility index (Phi) is 9.26. The van der Waals surface area contributed by atoms with Crippen LogP contribution >= 0.6 is 0 Å². The van der Waals surface area contributed by atoms with Crippen LogP contribution < -0.4 is 14.4 Å². The Labute approximate surface area is 314 Å². The van der Waals surface area contributed by atoms with Crippen LogP contribution in [-0.2, 0) is 37.2 Å². The van der Waals surface area contributed by atoms with Crippen LogP contribution in [0.3, 0.4) is 0 Å². The Bertz CT molecular complexity index is 2180. The van der Waals surface area contributed by atoms with Crippen LogP contribution in [0.1, 0.15) is 55.9 Å². The molecular formula is C43H43N5O6. The normalized spacial score (nSPS) is 17.9. The summed E-state index contributed by atoms with van der Waals surface area (Å²) in [5.74, 6) is 1.02. The Morgan fingerprint density at radius 3 is 2.46 bits per heavy atom. The van der Waals surface area contributed by atoms with Crippen LogP contribution in [0.25, 0.3) is 11.3 Å². The van der Waals surface area contributed by atoms with E-state index in [1.165, 1.54) is 5.56 Å². The van der Waals surface area contributed by atoms with Crippen LogP contribution in [0.4, 0.5) is 5.69 Å². The molecule has 1 N–H and O–H groups in total. The molecule has 1 unspecified atom stereocenters. The monoisotopic (exact) mass is 725 g/mol. The Hall–Kier alpha value is -5.65. The van der Waals surface area contributed by atoms with Crippen molar-refractivity contribution in [1.29, 1.82) is 0 Å². The van der Waals surface area contributed by atoms with Gasteiger partial charge in [0, 0.05) is 73.8 Å². The molecule has 1 saturated heterocycles. The third-order valence-corrected chi connectivity index (χ3v) is 11.2. The maximum absolute atomic E-state index is 15.2. The zero-order valence-corrected chi connectivity index (χ0v) is 30.2. The van der Waals surface area contributed by atoms with Crippen molar-refractivity contribution in [2.45, 2.75) is 51.4 Å². The highest BCUT2D eigenvalue weighted by Crippen LogP contribution is 2.42. The molecule has 0 aliphatic carbocycles. The number of rotatable bonds is 8. The van der Waals surface area contributed by atoms with Gasteiger partial charge >= 0.3 is 0 Å². The maximum atomic E-state index is 15.2. The fourth-order valence-electron chi connectivity index (χ4n) is 8.37. The quantitative estimate of drug-likeness (QED) is 0.206. The fourth-order valence-corrected chi connectivity index (χ4v) is 8.37. The lowest BCUT2D eigenvalue weighted by Crippen LogP contribution is -2.52. The van der Waals surface area contributed by atoms with Crippen molar-refractivity contribution in [3.63, 3.8) is 0 Å². The molecule has 4 aliphatic heterocycles. The van der Waals surface area contributed by atoms with E-state index in [1.54, 1.807) is 41.6 Å². The van der Waals surface area contributed by atoms with E-state index in [-0.39, 0.29) is 30.4 Å². The Morgan fingerprint density at radius 2 is 1.67 bits per heavy atom. The summed E-state index contributed by atoms with van der Waals surface area (Å²) < 4.78 is 19.6. The highest BCUT2D eigenvalue weighted by Gasteiger charge is 2.36. The number of morpholine rings is 1. The Morgan fingerprint density at radius 1 is 0.870 bits per heavy atom. The van der Waals surface area contributed by atoms with E-state index in [9.17, 15) is 9.90 Å². The number of aromatic hydroxyl groups is 1. The van der Waals surface area contributed by atoms with Gasteiger partial charge in [0.2, 0.25) is 6.79 Å². The number of benzene rings is 3. The van der Waals surface area contributed by atoms with Gasteiger partial charge in [-0.2, -0.15) is 0 Å². The van der Waals surface area contributed by atoms with Gasteiger partial charge in [0.25, 0.3) is 11.8 Å². The van der Waals surface area contributed by atoms with E-state index in [1.807, 2.05) is 41.3 Å². The van der Waals surface area contributed by atoms with Gasteiger partial charge in [0.05, 0.1) is 30.9 Å². The van der Waals surface area contributed by atoms with Crippen LogP contribution in [0.15, 0.2) is 91.3 Å². The zero-order valence-electron chi connectivity index (χ0n) is 30.2. The highest BCUT2D eigenvalue weighted by atomic mass is 16.7. The average molecular weight is 726 g/mol. The number of carbonyl (C=O) groups excluding carboxylic acids is 2. The topological polar surface area (TPSA) is 110 Å². The van der Waals surface area contributed by atoms with Crippen LogP contribution in [-0.4, -0.2) is 82.0 Å². The van der Waals surface area contributed by atoms with Crippen molar-refractivity contribution < 1.29 is 28.9 Å². The number of carbonyl (C=O) groups is 2. The predicted molar refractivity (Wildman–Crippen MR) is 203 cm³/mol. The molecule has 5 aromatic rings. The molecule has 11 heteroatoms. The molecular weight excluding hydrogens is 683 g/mol. The van der Waals surface area contributed by atoms with Gasteiger partial charge in [0.1, 0.15) is 5.75 Å². The first kappa shape index (κ1) is 34.1. The van der Waals surface area contributed by atoms with Crippen molar-refractivity contribution in [3.8, 4) is 28.5 Å². The van der Waals surface area contributed by atoms with E-state index in [2.05, 4.69) is 32.7 Å². The minimum Gasteiger partial charge on any atom is -0.508 e. The minimum absolute atomic E-state index is 0.0338. The third-order valence-electron chi connectivity index (χ3n) is 11.2. The molecule has 276 valence electrons. The number of pyridine rings is 1. The number of ether oxygens (including phenoxy) is 3. The average Bonchev–Trinajstić information content (AvgIpc) is 3.84. The number of nitrogens with zero attached hydrogens (tertiary/aromatic N) is 5. The van der Waals surface area contributed by atoms with E-state index in [0.29, 0.717) is 54.6 Å². The molecule has 54 heavy (non-hydrogen) atoms. The second-order valence-corrected chi connectivity index (χ2v) is 14.5. The second kappa shape index (κ2) is 14.6. The molecule has 0 bridgehead atoms. The Balaban J connectivity index is 1.13. The summed E-state index contributed by atoms with van der Waals surface area (Å²) in [5.41, 5.74) is 7.57. The first-order chi connectivity index (χ1) is 26.5. The van der Waals surface area contributed by atoms with Gasteiger partial charge in [-0.15, -0.1) is 0 Å². The number of hydrogen-bond donors (Lipinski definition) is 1. The molecule has 6 heterocycles. The number of anilines is 1. The van der Waals surface area contributed by atoms with E-state index < -0.39 is 0 Å². The number of phenolic OH excluding ortho intramolecular Hbond substituents is 1. The van der Waals surface area contributed by atoms with Crippen molar-refractivity contribution >= 4 is 17.5 Å². The summed E-state index contributed by atoms with van der Waals surface area (Å²) in [6.07, 6.45) is 6.88. The molecule has 1 atom stereocenters. The molecule has 3 aromatic carbocycles. The maximum Gasteiger partial charge on any atom is 0.260 e. The van der Waals surface area contributed by atoms with Gasteiger partial charge in [-0.25, -0.2) is 0 Å². The van der Waals surface area contributed by atoms with Gasteiger partial charge in [-0.3, -0.25) is 19.5 Å². The lowest BCUT2D eigenvalue weighted by molar-refractivity contribution is 0.0193. The summed E-state index contributed by atoms with van der Waals surface area (Å²) >= 11 is 0. The SMILES string of the molecule is O=C(c1cc(-c2cc3c(cc2C(=O)N2Cc4ccccc4CC2CN2CCOCC2)OCO3)n2c1CCCC2)N(Cc1cccnc1)c1ccc(O)cc1. The summed E-state index contributed by atoms with van der Waals surface area (Å²) in [6, 6.07) is 24.6. The molecule has 0 spiro atoms. The molecule has 1 fully saturated rings. The standard InChI is InChI=1S/C43H43N5O6/c49-34-12-10-32(11-13-34)47(25-29-6-5-14-44-24-29)43(51)37-21-39(46-15-4-3-9-38(37)46)35-22-40-41(54-28-53-40)23-36(35)42(50)48-26-31-8-2-1-7-30(31)20-33(48)27-45-16-18-52-19-17-45/h1-2,5-8,10-14,21-24,33,49H,3-4,9,15-20,25-28H2. The van der Waals surface area contributed by atoms with E-state index >= 15 is 4.79 Å². The molecule has 9 rings (SSSR count). The molecule has 0 radical (unpaired) electrons. The molecule has 4 aliphatic rings. The van der Waals surface area contributed by atoms with E-state index in [4.69, 9.17) is 14.2 Å². The second-order valence-electron chi connectivity index (χ2n) is 14.5. The largest absolute Gasteiger partial charge is 0.508 e. The molecule has 2 aromatic heterocycles. The van der Waals surface area contributed by atoms with Crippen LogP contribution in [0.5, 0.6) is 17.2 Å². The number of fused-ring (bicyclic) bond motifs is 3. The molecule has 2 amide bonds. The van der Waals surface area contributed by atoms with Gasteiger partial charge in [0.15, 0.2) is 11.5 Å². The van der Waals surface area contributed by atoms with E-state index in [0.717, 1.165) is 79.9 Å². The van der Waals surface area contributed by atoms with Crippen molar-refractivity contribution in [1.82, 2.24) is 19.4 Å². The summed E-state index contributed by atoms with van der Waals surface area (Å²) in [4.78, 5) is 40.5. The summed E-state index contributed by atoms with van der Waals surface area (Å²) in [6.45, 7) is 5.41. The minimum atomic E-state index is -0.159. The van der Waals surface area contributed by atoms with Crippen molar-refractivity contribution in [2.24, 2.45) is 0 Å².